The van der Waals surface area contributed by atoms with Crippen molar-refractivity contribution in [2.24, 2.45) is 0 Å². The minimum atomic E-state index is -0.611. The molecule has 0 radical (unpaired) electrons. The standard InChI is InChI=1S/C16H14ClN5O3S2/c1-19-15(25)21-12(23)7-26-16-20-10-6-11(8-2-4-9(17)5-3-8)27-13(10)14(24)22(16)18/h2-6H,7,18H2,1H3,(H2,19,21,23,25). The molecule has 8 nitrogen and oxygen atoms in total. The van der Waals surface area contributed by atoms with Crippen molar-refractivity contribution < 1.29 is 9.59 Å². The number of carbonyl (C=O) groups is 2. The van der Waals surface area contributed by atoms with Gasteiger partial charge in [-0.2, -0.15) is 0 Å². The number of thiophene rings is 1. The third kappa shape index (κ3) is 4.24. The number of halogens is 1. The number of aromatic nitrogens is 2. The molecule has 2 heterocycles. The van der Waals surface area contributed by atoms with Crippen molar-refractivity contribution >= 4 is 56.9 Å². The van der Waals surface area contributed by atoms with Gasteiger partial charge < -0.3 is 11.2 Å². The second kappa shape index (κ2) is 7.99. The summed E-state index contributed by atoms with van der Waals surface area (Å²) in [7, 11) is 1.40. The zero-order valence-electron chi connectivity index (χ0n) is 14.0. The van der Waals surface area contributed by atoms with E-state index < -0.39 is 17.5 Å². The van der Waals surface area contributed by atoms with Gasteiger partial charge in [-0.05, 0) is 23.8 Å². The lowest BCUT2D eigenvalue weighted by atomic mass is 10.2. The number of rotatable bonds is 4. The van der Waals surface area contributed by atoms with E-state index in [9.17, 15) is 14.4 Å². The molecule has 140 valence electrons. The van der Waals surface area contributed by atoms with Gasteiger partial charge >= 0.3 is 6.03 Å². The Hall–Kier alpha value is -2.56. The SMILES string of the molecule is CNC(=O)NC(=O)CSc1nc2cc(-c3ccc(Cl)cc3)sc2c(=O)n1N. The molecule has 4 N–H and O–H groups in total. The highest BCUT2D eigenvalue weighted by Gasteiger charge is 2.15. The number of imide groups is 1. The molecule has 3 aromatic rings. The van der Waals surface area contributed by atoms with Gasteiger partial charge in [-0.3, -0.25) is 14.9 Å². The van der Waals surface area contributed by atoms with E-state index in [0.717, 1.165) is 26.9 Å². The van der Waals surface area contributed by atoms with E-state index in [1.54, 1.807) is 18.2 Å². The number of nitrogens with two attached hydrogens (primary N) is 1. The van der Waals surface area contributed by atoms with Crippen LogP contribution in [-0.2, 0) is 4.79 Å². The smallest absolute Gasteiger partial charge is 0.321 e. The minimum absolute atomic E-state index is 0.114. The number of carbonyl (C=O) groups excluding carboxylic acids is 2. The second-order valence-corrected chi connectivity index (χ2v) is 7.75. The highest BCUT2D eigenvalue weighted by molar-refractivity contribution is 7.99. The molecule has 1 aromatic carbocycles. The van der Waals surface area contributed by atoms with Crippen LogP contribution < -0.4 is 22.0 Å². The molecule has 0 aliphatic heterocycles. The van der Waals surface area contributed by atoms with Crippen LogP contribution in [0.1, 0.15) is 0 Å². The number of nitrogens with one attached hydrogen (secondary N) is 2. The second-order valence-electron chi connectivity index (χ2n) is 5.32. The molecular weight excluding hydrogens is 410 g/mol. The summed E-state index contributed by atoms with van der Waals surface area (Å²) in [6.07, 6.45) is 0. The summed E-state index contributed by atoms with van der Waals surface area (Å²) in [5.41, 5.74) is 0.995. The number of thioether (sulfide) groups is 1. The van der Waals surface area contributed by atoms with Crippen LogP contribution >= 0.6 is 34.7 Å². The van der Waals surface area contributed by atoms with Crippen molar-refractivity contribution in [3.8, 4) is 10.4 Å². The summed E-state index contributed by atoms with van der Waals surface area (Å²) in [4.78, 5) is 40.6. The van der Waals surface area contributed by atoms with E-state index in [0.29, 0.717) is 15.2 Å². The summed E-state index contributed by atoms with van der Waals surface area (Å²) in [5.74, 6) is 5.19. The first kappa shape index (κ1) is 19.2. The van der Waals surface area contributed by atoms with Gasteiger partial charge in [0, 0.05) is 16.9 Å². The number of hydrogen-bond acceptors (Lipinski definition) is 7. The molecule has 0 fully saturated rings. The van der Waals surface area contributed by atoms with E-state index in [1.807, 2.05) is 12.1 Å². The van der Waals surface area contributed by atoms with Crippen LogP contribution in [0.3, 0.4) is 0 Å². The van der Waals surface area contributed by atoms with Gasteiger partial charge in [0.25, 0.3) is 5.56 Å². The van der Waals surface area contributed by atoms with Crippen LogP contribution in [0.15, 0.2) is 40.3 Å². The average Bonchev–Trinajstić information content (AvgIpc) is 3.08. The quantitative estimate of drug-likeness (QED) is 0.335. The largest absolute Gasteiger partial charge is 0.341 e. The maximum atomic E-state index is 12.5. The molecule has 11 heteroatoms. The Bertz CT molecular complexity index is 1080. The highest BCUT2D eigenvalue weighted by atomic mass is 35.5. The first-order valence-electron chi connectivity index (χ1n) is 7.61. The molecule has 0 saturated heterocycles. The Morgan fingerprint density at radius 3 is 2.70 bits per heavy atom. The van der Waals surface area contributed by atoms with Gasteiger partial charge in [-0.15, -0.1) is 11.3 Å². The maximum absolute atomic E-state index is 12.5. The Morgan fingerprint density at radius 2 is 2.04 bits per heavy atom. The van der Waals surface area contributed by atoms with Gasteiger partial charge in [0.05, 0.1) is 11.3 Å². The topological polar surface area (TPSA) is 119 Å². The van der Waals surface area contributed by atoms with E-state index in [1.165, 1.54) is 18.4 Å². The zero-order valence-corrected chi connectivity index (χ0v) is 16.4. The molecule has 3 rings (SSSR count). The maximum Gasteiger partial charge on any atom is 0.321 e. The van der Waals surface area contributed by atoms with E-state index in [-0.39, 0.29) is 10.9 Å². The van der Waals surface area contributed by atoms with Crippen LogP contribution in [0.4, 0.5) is 4.79 Å². The first-order chi connectivity index (χ1) is 12.9. The summed E-state index contributed by atoms with van der Waals surface area (Å²) in [6, 6.07) is 8.42. The summed E-state index contributed by atoms with van der Waals surface area (Å²) in [5, 5.41) is 5.21. The number of nitrogen functional groups attached to an aromatic ring is 1. The molecule has 0 spiro atoms. The molecule has 2 aromatic heterocycles. The highest BCUT2D eigenvalue weighted by Crippen LogP contribution is 2.32. The van der Waals surface area contributed by atoms with Crippen LogP contribution in [0.5, 0.6) is 0 Å². The molecule has 0 bridgehead atoms. The molecular formula is C16H14ClN5O3S2. The fourth-order valence-electron chi connectivity index (χ4n) is 2.18. The van der Waals surface area contributed by atoms with Crippen LogP contribution in [-0.4, -0.2) is 34.4 Å². The minimum Gasteiger partial charge on any atom is -0.341 e. The molecule has 0 aliphatic rings. The lowest BCUT2D eigenvalue weighted by Crippen LogP contribution is -2.38. The summed E-state index contributed by atoms with van der Waals surface area (Å²) in [6.45, 7) is 0. The third-order valence-corrected chi connectivity index (χ3v) is 5.85. The van der Waals surface area contributed by atoms with E-state index in [2.05, 4.69) is 15.6 Å². The first-order valence-corrected chi connectivity index (χ1v) is 9.79. The fraction of sp³-hybridized carbons (Fsp3) is 0.125. The number of hydrogen-bond donors (Lipinski definition) is 3. The fourth-order valence-corrected chi connectivity index (χ4v) is 4.07. The van der Waals surface area contributed by atoms with Crippen molar-refractivity contribution in [2.75, 3.05) is 18.6 Å². The van der Waals surface area contributed by atoms with Gasteiger partial charge in [-0.1, -0.05) is 35.5 Å². The van der Waals surface area contributed by atoms with E-state index in [4.69, 9.17) is 17.4 Å². The van der Waals surface area contributed by atoms with Crippen molar-refractivity contribution in [3.05, 3.63) is 45.7 Å². The number of nitrogens with zero attached hydrogens (tertiary/aromatic N) is 2. The molecule has 0 unspecified atom stereocenters. The molecule has 0 saturated carbocycles. The Labute approximate surface area is 166 Å². The number of urea groups is 1. The average molecular weight is 424 g/mol. The van der Waals surface area contributed by atoms with Crippen molar-refractivity contribution in [1.29, 1.82) is 0 Å². The Balaban J connectivity index is 1.88. The van der Waals surface area contributed by atoms with Crippen LogP contribution in [0, 0.1) is 0 Å². The van der Waals surface area contributed by atoms with Gasteiger partial charge in [0.15, 0.2) is 5.16 Å². The van der Waals surface area contributed by atoms with Crippen molar-refractivity contribution in [1.82, 2.24) is 20.3 Å². The van der Waals surface area contributed by atoms with Crippen LogP contribution in [0.2, 0.25) is 5.02 Å². The summed E-state index contributed by atoms with van der Waals surface area (Å²) < 4.78 is 1.32. The number of benzene rings is 1. The van der Waals surface area contributed by atoms with E-state index >= 15 is 0 Å². The van der Waals surface area contributed by atoms with Crippen molar-refractivity contribution in [2.45, 2.75) is 5.16 Å². The van der Waals surface area contributed by atoms with Gasteiger partial charge in [0.1, 0.15) is 4.70 Å². The normalized spacial score (nSPS) is 10.7. The van der Waals surface area contributed by atoms with Crippen molar-refractivity contribution in [3.63, 3.8) is 0 Å². The summed E-state index contributed by atoms with van der Waals surface area (Å²) >= 11 is 8.15. The Morgan fingerprint density at radius 1 is 1.33 bits per heavy atom. The molecule has 0 aliphatic carbocycles. The number of fused-ring (bicyclic) bond motifs is 1. The predicted molar refractivity (Wildman–Crippen MR) is 108 cm³/mol. The number of amides is 3. The molecule has 27 heavy (non-hydrogen) atoms. The zero-order chi connectivity index (χ0) is 19.6. The van der Waals surface area contributed by atoms with Gasteiger partial charge in [-0.25, -0.2) is 14.5 Å². The predicted octanol–water partition coefficient (Wildman–Crippen LogP) is 2.04. The van der Waals surface area contributed by atoms with Gasteiger partial charge in [0.2, 0.25) is 5.91 Å². The monoisotopic (exact) mass is 423 g/mol. The lowest BCUT2D eigenvalue weighted by Gasteiger charge is -2.06. The molecule has 3 amide bonds. The molecule has 0 atom stereocenters. The lowest BCUT2D eigenvalue weighted by molar-refractivity contribution is -0.117. The van der Waals surface area contributed by atoms with Crippen LogP contribution in [0.25, 0.3) is 20.7 Å². The third-order valence-electron chi connectivity index (χ3n) is 3.49. The Kier molecular flexibility index (Phi) is 5.68.